The average molecular weight is 248 g/mol. The number of methoxy groups -OCH3 is 1. The monoisotopic (exact) mass is 247 g/mol. The van der Waals surface area contributed by atoms with Gasteiger partial charge in [-0.1, -0.05) is 23.7 Å². The molecule has 0 N–H and O–H groups in total. The Bertz CT molecular complexity index is 555. The molecule has 0 aliphatic heterocycles. The van der Waals surface area contributed by atoms with E-state index in [1.807, 2.05) is 0 Å². The van der Waals surface area contributed by atoms with Gasteiger partial charge in [0.05, 0.1) is 17.7 Å². The summed E-state index contributed by atoms with van der Waals surface area (Å²) < 4.78 is 5.14. The molecule has 1 aromatic heterocycles. The summed E-state index contributed by atoms with van der Waals surface area (Å²) in [5.41, 5.74) is 0.689. The highest BCUT2D eigenvalue weighted by Gasteiger charge is 2.17. The van der Waals surface area contributed by atoms with Crippen LogP contribution in [0.3, 0.4) is 0 Å². The average Bonchev–Trinajstić information content (AvgIpc) is 2.38. The van der Waals surface area contributed by atoms with Gasteiger partial charge in [-0.25, -0.2) is 0 Å². The van der Waals surface area contributed by atoms with Gasteiger partial charge >= 0.3 is 0 Å². The molecule has 0 aliphatic carbocycles. The second-order valence-corrected chi connectivity index (χ2v) is 3.77. The third-order valence-corrected chi connectivity index (χ3v) is 2.63. The number of pyridine rings is 1. The first-order valence-electron chi connectivity index (χ1n) is 5.02. The summed E-state index contributed by atoms with van der Waals surface area (Å²) in [6.45, 7) is 0. The number of halogens is 1. The summed E-state index contributed by atoms with van der Waals surface area (Å²) in [7, 11) is 1.52. The number of ketones is 1. The number of carbonyl (C=O) groups excluding carboxylic acids is 1. The maximum Gasteiger partial charge on any atom is 0.216 e. The molecule has 0 unspecified atom stereocenters. The van der Waals surface area contributed by atoms with E-state index in [2.05, 4.69) is 4.98 Å². The Morgan fingerprint density at radius 3 is 2.71 bits per heavy atom. The van der Waals surface area contributed by atoms with Crippen molar-refractivity contribution in [2.75, 3.05) is 7.11 Å². The number of para-hydroxylation sites is 1. The molecule has 0 radical (unpaired) electrons. The van der Waals surface area contributed by atoms with Crippen molar-refractivity contribution >= 4 is 17.4 Å². The lowest BCUT2D eigenvalue weighted by Crippen LogP contribution is -2.06. The van der Waals surface area contributed by atoms with E-state index in [0.717, 1.165) is 0 Å². The van der Waals surface area contributed by atoms with Crippen molar-refractivity contribution in [3.63, 3.8) is 0 Å². The van der Waals surface area contributed by atoms with E-state index in [9.17, 15) is 4.79 Å². The topological polar surface area (TPSA) is 39.2 Å². The fourth-order valence-corrected chi connectivity index (χ4v) is 1.72. The Labute approximate surface area is 104 Å². The van der Waals surface area contributed by atoms with Crippen molar-refractivity contribution < 1.29 is 9.53 Å². The number of ether oxygens (including phenoxy) is 1. The second kappa shape index (κ2) is 4.97. The largest absolute Gasteiger partial charge is 0.496 e. The lowest BCUT2D eigenvalue weighted by atomic mass is 10.1. The Morgan fingerprint density at radius 1 is 1.24 bits per heavy atom. The number of hydrogen-bond acceptors (Lipinski definition) is 3. The van der Waals surface area contributed by atoms with Crippen LogP contribution < -0.4 is 4.74 Å². The minimum atomic E-state index is -0.243. The van der Waals surface area contributed by atoms with Crippen LogP contribution in [0.1, 0.15) is 16.1 Å². The molecule has 0 saturated heterocycles. The van der Waals surface area contributed by atoms with Crippen LogP contribution in [-0.4, -0.2) is 17.9 Å². The van der Waals surface area contributed by atoms with E-state index in [0.29, 0.717) is 16.3 Å². The first kappa shape index (κ1) is 11.6. The molecule has 1 heterocycles. The summed E-state index contributed by atoms with van der Waals surface area (Å²) in [6, 6.07) is 10.3. The summed E-state index contributed by atoms with van der Waals surface area (Å²) in [5.74, 6) is 0.271. The zero-order valence-electron chi connectivity index (χ0n) is 9.18. The third-order valence-electron chi connectivity index (χ3n) is 2.33. The summed E-state index contributed by atoms with van der Waals surface area (Å²) in [6.07, 6.45) is 1.54. The van der Waals surface area contributed by atoms with E-state index in [1.165, 1.54) is 13.3 Å². The fraction of sp³-hybridized carbons (Fsp3) is 0.0769. The van der Waals surface area contributed by atoms with E-state index in [4.69, 9.17) is 16.3 Å². The van der Waals surface area contributed by atoms with Crippen LogP contribution in [0.2, 0.25) is 5.02 Å². The lowest BCUT2D eigenvalue weighted by molar-refractivity contribution is 0.103. The minimum Gasteiger partial charge on any atom is -0.496 e. The molecular weight excluding hydrogens is 238 g/mol. The molecule has 0 aliphatic rings. The second-order valence-electron chi connectivity index (χ2n) is 3.36. The normalized spacial score (nSPS) is 10.0. The van der Waals surface area contributed by atoms with Gasteiger partial charge in [-0.3, -0.25) is 9.78 Å². The van der Waals surface area contributed by atoms with Crippen molar-refractivity contribution in [2.24, 2.45) is 0 Å². The van der Waals surface area contributed by atoms with Crippen molar-refractivity contribution in [1.82, 2.24) is 4.98 Å². The van der Waals surface area contributed by atoms with Gasteiger partial charge in [-0.2, -0.15) is 0 Å². The van der Waals surface area contributed by atoms with Crippen LogP contribution in [0.5, 0.6) is 5.75 Å². The van der Waals surface area contributed by atoms with E-state index >= 15 is 0 Å². The quantitative estimate of drug-likeness (QED) is 0.783. The molecule has 0 bridgehead atoms. The van der Waals surface area contributed by atoms with E-state index in [-0.39, 0.29) is 11.5 Å². The zero-order valence-corrected chi connectivity index (χ0v) is 9.94. The summed E-state index contributed by atoms with van der Waals surface area (Å²) in [5, 5.41) is 0.336. The standard InChI is InChI=1S/C13H10ClNO2/c1-17-11-7-3-2-5-9(11)13(16)12-10(14)6-4-8-15-12/h2-8H,1H3. The fourth-order valence-electron chi connectivity index (χ4n) is 1.51. The van der Waals surface area contributed by atoms with E-state index < -0.39 is 0 Å². The molecular formula is C13H10ClNO2. The van der Waals surface area contributed by atoms with Crippen molar-refractivity contribution in [2.45, 2.75) is 0 Å². The maximum absolute atomic E-state index is 12.2. The van der Waals surface area contributed by atoms with E-state index in [1.54, 1.807) is 36.4 Å². The SMILES string of the molecule is COc1ccccc1C(=O)c1ncccc1Cl. The molecule has 0 saturated carbocycles. The first-order valence-corrected chi connectivity index (χ1v) is 5.40. The van der Waals surface area contributed by atoms with Crippen LogP contribution in [0.25, 0.3) is 0 Å². The van der Waals surface area contributed by atoms with Gasteiger partial charge in [0, 0.05) is 6.20 Å². The number of hydrogen-bond donors (Lipinski definition) is 0. The van der Waals surface area contributed by atoms with Gasteiger partial charge in [0.2, 0.25) is 5.78 Å². The van der Waals surface area contributed by atoms with Crippen LogP contribution in [0.4, 0.5) is 0 Å². The number of aromatic nitrogens is 1. The first-order chi connectivity index (χ1) is 8.24. The number of carbonyl (C=O) groups is 1. The van der Waals surface area contributed by atoms with Crippen molar-refractivity contribution in [3.8, 4) is 5.75 Å². The van der Waals surface area contributed by atoms with Gasteiger partial charge in [0.15, 0.2) is 0 Å². The molecule has 86 valence electrons. The number of rotatable bonds is 3. The maximum atomic E-state index is 12.2. The molecule has 0 spiro atoms. The van der Waals surface area contributed by atoms with Gasteiger partial charge in [0.25, 0.3) is 0 Å². The van der Waals surface area contributed by atoms with Crippen LogP contribution >= 0.6 is 11.6 Å². The van der Waals surface area contributed by atoms with Gasteiger partial charge < -0.3 is 4.74 Å². The zero-order chi connectivity index (χ0) is 12.3. The van der Waals surface area contributed by atoms with Crippen molar-refractivity contribution in [3.05, 3.63) is 58.9 Å². The lowest BCUT2D eigenvalue weighted by Gasteiger charge is -2.07. The third kappa shape index (κ3) is 2.29. The molecule has 2 rings (SSSR count). The predicted octanol–water partition coefficient (Wildman–Crippen LogP) is 2.97. The Hall–Kier alpha value is -1.87. The molecule has 2 aromatic rings. The molecule has 4 heteroatoms. The highest BCUT2D eigenvalue weighted by molar-refractivity contribution is 6.34. The molecule has 0 atom stereocenters. The Morgan fingerprint density at radius 2 is 2.00 bits per heavy atom. The van der Waals surface area contributed by atoms with Crippen LogP contribution in [0.15, 0.2) is 42.6 Å². The van der Waals surface area contributed by atoms with Crippen LogP contribution in [-0.2, 0) is 0 Å². The molecule has 1 aromatic carbocycles. The van der Waals surface area contributed by atoms with Crippen LogP contribution in [0, 0.1) is 0 Å². The molecule has 0 fully saturated rings. The summed E-state index contributed by atoms with van der Waals surface area (Å²) >= 11 is 5.94. The smallest absolute Gasteiger partial charge is 0.216 e. The number of benzene rings is 1. The highest BCUT2D eigenvalue weighted by atomic mass is 35.5. The minimum absolute atomic E-state index is 0.235. The molecule has 3 nitrogen and oxygen atoms in total. The van der Waals surface area contributed by atoms with Crippen molar-refractivity contribution in [1.29, 1.82) is 0 Å². The molecule has 0 amide bonds. The predicted molar refractivity (Wildman–Crippen MR) is 65.7 cm³/mol. The van der Waals surface area contributed by atoms with Gasteiger partial charge in [-0.05, 0) is 24.3 Å². The van der Waals surface area contributed by atoms with Gasteiger partial charge in [-0.15, -0.1) is 0 Å². The summed E-state index contributed by atoms with van der Waals surface area (Å²) in [4.78, 5) is 16.2. The number of nitrogens with zero attached hydrogens (tertiary/aromatic N) is 1. The molecule has 17 heavy (non-hydrogen) atoms. The Balaban J connectivity index is 2.48. The van der Waals surface area contributed by atoms with Gasteiger partial charge in [0.1, 0.15) is 11.4 Å². The Kier molecular flexibility index (Phi) is 3.40. The highest BCUT2D eigenvalue weighted by Crippen LogP contribution is 2.23.